The van der Waals surface area contributed by atoms with Crippen LogP contribution in [-0.2, 0) is 4.79 Å². The van der Waals surface area contributed by atoms with E-state index in [0.717, 1.165) is 25.2 Å². The van der Waals surface area contributed by atoms with E-state index < -0.39 is 5.97 Å². The van der Waals surface area contributed by atoms with Gasteiger partial charge in [0.25, 0.3) is 0 Å². The van der Waals surface area contributed by atoms with Crippen LogP contribution in [0.15, 0.2) is 4.99 Å². The van der Waals surface area contributed by atoms with E-state index in [2.05, 4.69) is 11.9 Å². The van der Waals surface area contributed by atoms with E-state index >= 15 is 0 Å². The van der Waals surface area contributed by atoms with Crippen LogP contribution < -0.4 is 0 Å². The van der Waals surface area contributed by atoms with Crippen LogP contribution in [0.25, 0.3) is 0 Å². The van der Waals surface area contributed by atoms with Crippen LogP contribution in [0.3, 0.4) is 0 Å². The molecule has 0 saturated carbocycles. The van der Waals surface area contributed by atoms with Gasteiger partial charge in [-0.25, -0.2) is 9.79 Å². The van der Waals surface area contributed by atoms with E-state index in [1.165, 1.54) is 25.7 Å². The molecular weight excluding hydrogens is 283 g/mol. The summed E-state index contributed by atoms with van der Waals surface area (Å²) in [5, 5.41) is 18.3. The van der Waals surface area contributed by atoms with Crippen LogP contribution in [0, 0.1) is 0 Å². The Kier molecular flexibility index (Phi) is 13.9. The van der Waals surface area contributed by atoms with Gasteiger partial charge >= 0.3 is 5.97 Å². The van der Waals surface area contributed by atoms with Gasteiger partial charge in [0.2, 0.25) is 0 Å². The van der Waals surface area contributed by atoms with Gasteiger partial charge in [0.1, 0.15) is 13.1 Å². The molecule has 0 aromatic heterocycles. The smallest absolute Gasteiger partial charge is 0.359 e. The van der Waals surface area contributed by atoms with E-state index in [1.807, 2.05) is 0 Å². The summed E-state index contributed by atoms with van der Waals surface area (Å²) in [7, 11) is 0. The first-order valence-electron chi connectivity index (χ1n) is 7.37. The normalized spacial score (nSPS) is 20.4. The molecule has 7 heteroatoms. The van der Waals surface area contributed by atoms with Gasteiger partial charge in [0, 0.05) is 36.0 Å². The Bertz CT molecular complexity index is 326. The minimum absolute atomic E-state index is 0. The van der Waals surface area contributed by atoms with Crippen molar-refractivity contribution < 1.29 is 25.0 Å². The molecule has 1 radical (unpaired) electrons. The molecule has 0 aromatic carbocycles. The molecule has 119 valence electrons. The number of unbranched alkanes of at least 4 members (excludes halogenated alkanes) is 4. The van der Waals surface area contributed by atoms with Crippen molar-refractivity contribution in [1.82, 2.24) is 0 Å². The molecule has 6 nitrogen and oxygen atoms in total. The summed E-state index contributed by atoms with van der Waals surface area (Å²) < 4.78 is 0.361. The third kappa shape index (κ3) is 7.72. The molecule has 1 aliphatic heterocycles. The summed E-state index contributed by atoms with van der Waals surface area (Å²) in [4.78, 5) is 15.5. The van der Waals surface area contributed by atoms with Crippen molar-refractivity contribution >= 4 is 41.4 Å². The van der Waals surface area contributed by atoms with Crippen LogP contribution in [0.5, 0.6) is 0 Å². The second-order valence-corrected chi connectivity index (χ2v) is 5.33. The zero-order chi connectivity index (χ0) is 14.1. The maximum atomic E-state index is 11.0. The standard InChI is InChI=1S/C14H26N2O3.Na.H2O/c1-2-3-4-5-6-7-13-15-8-9-16(13,10-11-17)12-14(18)19;;/h17H,2-12H2,1H3;;1H2. The molecule has 0 aromatic rings. The van der Waals surface area contributed by atoms with Gasteiger partial charge in [-0.15, -0.1) is 0 Å². The zero-order valence-corrected chi connectivity index (χ0v) is 15.4. The minimum atomic E-state index is -0.811. The van der Waals surface area contributed by atoms with Crippen molar-refractivity contribution in [2.45, 2.75) is 45.4 Å². The maximum Gasteiger partial charge on any atom is 0.359 e. The summed E-state index contributed by atoms with van der Waals surface area (Å²) in [5.41, 5.74) is 0. The van der Waals surface area contributed by atoms with Crippen molar-refractivity contribution in [2.24, 2.45) is 4.99 Å². The predicted octanol–water partition coefficient (Wildman–Crippen LogP) is 1.10. The molecule has 0 aliphatic carbocycles. The Hall–Kier alpha value is 0.0200. The van der Waals surface area contributed by atoms with Gasteiger partial charge in [-0.1, -0.05) is 32.6 Å². The van der Waals surface area contributed by atoms with Gasteiger partial charge < -0.3 is 15.7 Å². The molecule has 0 bridgehead atoms. The van der Waals surface area contributed by atoms with Crippen LogP contribution >= 0.6 is 0 Å². The Labute approximate surface area is 149 Å². The average Bonchev–Trinajstić information content (AvgIpc) is 2.71. The summed E-state index contributed by atoms with van der Waals surface area (Å²) >= 11 is 0. The first-order chi connectivity index (χ1) is 9.14. The molecule has 0 amide bonds. The number of hydrogen-bond donors (Lipinski definition) is 2. The topological polar surface area (TPSA) is 99.9 Å². The number of aliphatic hydroxyl groups excluding tert-OH is 1. The second kappa shape index (κ2) is 12.6. The number of nitrogens with zero attached hydrogens (tertiary/aromatic N) is 2. The van der Waals surface area contributed by atoms with Crippen LogP contribution in [0.1, 0.15) is 45.4 Å². The molecule has 1 aliphatic rings. The SMILES string of the molecule is CCCCCCCC1=NCC[N+]1(CCO)CC(=O)O.[Na].[OH-]. The Morgan fingerprint density at radius 2 is 1.95 bits per heavy atom. The summed E-state index contributed by atoms with van der Waals surface area (Å²) in [5.74, 6) is 0.169. The number of carbonyl (C=O) groups is 1. The molecule has 1 rings (SSSR count). The van der Waals surface area contributed by atoms with Crippen LogP contribution in [0.2, 0.25) is 0 Å². The number of carboxylic acids is 1. The summed E-state index contributed by atoms with van der Waals surface area (Å²) in [6.07, 6.45) is 6.85. The van der Waals surface area contributed by atoms with Crippen LogP contribution in [-0.4, -0.2) is 94.3 Å². The van der Waals surface area contributed by atoms with Gasteiger partial charge in [-0.2, -0.15) is 0 Å². The number of quaternary nitrogens is 1. The van der Waals surface area contributed by atoms with Crippen molar-refractivity contribution in [3.05, 3.63) is 0 Å². The van der Waals surface area contributed by atoms with E-state index in [4.69, 9.17) is 5.11 Å². The summed E-state index contributed by atoms with van der Waals surface area (Å²) in [6, 6.07) is 0. The third-order valence-corrected chi connectivity index (χ3v) is 3.84. The predicted molar refractivity (Wildman–Crippen MR) is 83.0 cm³/mol. The maximum absolute atomic E-state index is 11.0. The molecule has 1 unspecified atom stereocenters. The number of amidine groups is 1. The Morgan fingerprint density at radius 1 is 1.29 bits per heavy atom. The zero-order valence-electron chi connectivity index (χ0n) is 13.4. The molecule has 0 fully saturated rings. The van der Waals surface area contributed by atoms with Gasteiger partial charge in [-0.05, 0) is 6.42 Å². The molecule has 1 heterocycles. The average molecular weight is 311 g/mol. The first-order valence-corrected chi connectivity index (χ1v) is 7.37. The monoisotopic (exact) mass is 311 g/mol. The van der Waals surface area contributed by atoms with Crippen molar-refractivity contribution in [1.29, 1.82) is 0 Å². The second-order valence-electron chi connectivity index (χ2n) is 5.33. The number of hydrogen-bond acceptors (Lipinski definition) is 4. The van der Waals surface area contributed by atoms with E-state index in [0.29, 0.717) is 17.6 Å². The fourth-order valence-corrected chi connectivity index (χ4v) is 2.79. The number of rotatable bonds is 10. The van der Waals surface area contributed by atoms with Crippen molar-refractivity contribution in [3.63, 3.8) is 0 Å². The van der Waals surface area contributed by atoms with Crippen molar-refractivity contribution in [2.75, 3.05) is 32.8 Å². The molecule has 0 saturated heterocycles. The first kappa shape index (κ1) is 23.3. The summed E-state index contributed by atoms with van der Waals surface area (Å²) in [6.45, 7) is 4.14. The molecule has 3 N–H and O–H groups in total. The largest absolute Gasteiger partial charge is 0.870 e. The Balaban J connectivity index is 0. The van der Waals surface area contributed by atoms with E-state index in [9.17, 15) is 9.90 Å². The fraction of sp³-hybridized carbons (Fsp3) is 0.857. The van der Waals surface area contributed by atoms with Gasteiger partial charge in [0.05, 0.1) is 13.2 Å². The third-order valence-electron chi connectivity index (χ3n) is 3.84. The van der Waals surface area contributed by atoms with E-state index in [1.54, 1.807) is 0 Å². The molecule has 0 spiro atoms. The number of aliphatic hydroxyl groups is 1. The molecular formula is C14H28N2NaO4. The molecule has 21 heavy (non-hydrogen) atoms. The quantitative estimate of drug-likeness (QED) is 0.358. The fourth-order valence-electron chi connectivity index (χ4n) is 2.79. The number of aliphatic carboxylic acids is 1. The van der Waals surface area contributed by atoms with Gasteiger partial charge in [-0.3, -0.25) is 4.48 Å². The van der Waals surface area contributed by atoms with E-state index in [-0.39, 0.29) is 48.2 Å². The van der Waals surface area contributed by atoms with Gasteiger partial charge in [0.15, 0.2) is 12.4 Å². The van der Waals surface area contributed by atoms with Crippen molar-refractivity contribution in [3.8, 4) is 0 Å². The minimum Gasteiger partial charge on any atom is -0.870 e. The van der Waals surface area contributed by atoms with Crippen LogP contribution in [0.4, 0.5) is 0 Å². The Morgan fingerprint density at radius 3 is 2.52 bits per heavy atom. The number of carboxylic acid groups (broad SMARTS) is 1. The molecule has 1 atom stereocenters. The number of aliphatic imine (C=N–C) groups is 1.